The number of ether oxygens (including phenoxy) is 1. The van der Waals surface area contributed by atoms with Gasteiger partial charge in [0.2, 0.25) is 0 Å². The molecule has 3 aromatic rings. The smallest absolute Gasteiger partial charge is 0.303 e. The topological polar surface area (TPSA) is 98.7 Å². The first kappa shape index (κ1) is 18.1. The number of carboxylic acids is 1. The van der Waals surface area contributed by atoms with Crippen LogP contribution in [0.15, 0.2) is 39.8 Å². The number of aromatic nitrogens is 1. The molecule has 0 atom stereocenters. The van der Waals surface area contributed by atoms with Crippen molar-refractivity contribution in [2.75, 3.05) is 7.11 Å². The van der Waals surface area contributed by atoms with Gasteiger partial charge in [0, 0.05) is 24.1 Å². The summed E-state index contributed by atoms with van der Waals surface area (Å²) in [6, 6.07) is 6.52. The van der Waals surface area contributed by atoms with E-state index in [2.05, 4.69) is 0 Å². The summed E-state index contributed by atoms with van der Waals surface area (Å²) in [4.78, 5) is 11.0. The van der Waals surface area contributed by atoms with Gasteiger partial charge in [-0.1, -0.05) is 0 Å². The van der Waals surface area contributed by atoms with Crippen molar-refractivity contribution in [3.63, 3.8) is 0 Å². The van der Waals surface area contributed by atoms with Crippen LogP contribution in [0.5, 0.6) is 5.75 Å². The molecule has 3 rings (SSSR count). The van der Waals surface area contributed by atoms with Gasteiger partial charge in [-0.25, -0.2) is 12.4 Å². The maximum atomic E-state index is 13.1. The normalized spacial score (nSPS) is 11.8. The lowest BCUT2D eigenvalue weighted by atomic mass is 10.1. The molecule has 0 unspecified atom stereocenters. The Bertz CT molecular complexity index is 1090. The molecule has 138 valence electrons. The van der Waals surface area contributed by atoms with Crippen molar-refractivity contribution in [2.45, 2.75) is 31.6 Å². The molecular weight excluding hydrogens is 358 g/mol. The van der Waals surface area contributed by atoms with Crippen LogP contribution in [0.25, 0.3) is 10.9 Å². The van der Waals surface area contributed by atoms with Crippen molar-refractivity contribution in [3.05, 3.63) is 47.5 Å². The van der Waals surface area contributed by atoms with Gasteiger partial charge in [0.1, 0.15) is 22.2 Å². The minimum absolute atomic E-state index is 0.0903. The van der Waals surface area contributed by atoms with Gasteiger partial charge >= 0.3 is 5.97 Å². The summed E-state index contributed by atoms with van der Waals surface area (Å²) >= 11 is 0. The second kappa shape index (κ2) is 6.53. The third-order valence-electron chi connectivity index (χ3n) is 4.20. The number of hydrogen-bond acceptors (Lipinski definition) is 5. The van der Waals surface area contributed by atoms with E-state index in [1.807, 2.05) is 0 Å². The molecular formula is C18H19NO6S. The first-order valence-corrected chi connectivity index (χ1v) is 9.40. The molecule has 0 aliphatic rings. The van der Waals surface area contributed by atoms with Crippen LogP contribution in [-0.4, -0.2) is 30.6 Å². The van der Waals surface area contributed by atoms with E-state index in [1.54, 1.807) is 32.0 Å². The molecule has 0 aliphatic heterocycles. The molecule has 0 fully saturated rings. The van der Waals surface area contributed by atoms with Crippen LogP contribution in [0, 0.1) is 13.8 Å². The average Bonchev–Trinajstić information content (AvgIpc) is 3.12. The van der Waals surface area contributed by atoms with Crippen LogP contribution in [0.3, 0.4) is 0 Å². The van der Waals surface area contributed by atoms with E-state index in [9.17, 15) is 13.2 Å². The summed E-state index contributed by atoms with van der Waals surface area (Å²) in [6.45, 7) is 3.28. The van der Waals surface area contributed by atoms with Crippen LogP contribution < -0.4 is 4.74 Å². The molecule has 0 saturated heterocycles. The number of carbonyl (C=O) groups is 1. The Labute approximate surface area is 150 Å². The molecule has 0 aliphatic carbocycles. The average molecular weight is 377 g/mol. The second-order valence-corrected chi connectivity index (χ2v) is 7.79. The van der Waals surface area contributed by atoms with Crippen molar-refractivity contribution >= 4 is 26.9 Å². The molecule has 0 bridgehead atoms. The number of fused-ring (bicyclic) bond motifs is 1. The number of nitrogens with zero attached hydrogens (tertiary/aromatic N) is 1. The third-order valence-corrected chi connectivity index (χ3v) is 5.98. The summed E-state index contributed by atoms with van der Waals surface area (Å²) in [5.41, 5.74) is 1.09. The van der Waals surface area contributed by atoms with E-state index in [-0.39, 0.29) is 17.7 Å². The zero-order valence-corrected chi connectivity index (χ0v) is 15.5. The first-order chi connectivity index (χ1) is 12.2. The number of methoxy groups -OCH3 is 1. The number of aliphatic carboxylic acids is 1. The highest BCUT2D eigenvalue weighted by molar-refractivity contribution is 7.90. The Morgan fingerprint density at radius 3 is 2.58 bits per heavy atom. The second-order valence-electron chi connectivity index (χ2n) is 6.01. The van der Waals surface area contributed by atoms with Gasteiger partial charge in [0.15, 0.2) is 0 Å². The highest BCUT2D eigenvalue weighted by Gasteiger charge is 2.25. The zero-order chi connectivity index (χ0) is 19.1. The molecule has 0 saturated carbocycles. The van der Waals surface area contributed by atoms with Crippen LogP contribution >= 0.6 is 0 Å². The van der Waals surface area contributed by atoms with Crippen LogP contribution in [-0.2, 0) is 21.2 Å². The largest absolute Gasteiger partial charge is 0.497 e. The molecule has 1 aromatic carbocycles. The summed E-state index contributed by atoms with van der Waals surface area (Å²) in [5, 5.41) is 9.61. The number of aryl methyl sites for hydroxylation is 3. The Morgan fingerprint density at radius 1 is 1.27 bits per heavy atom. The zero-order valence-electron chi connectivity index (χ0n) is 14.6. The van der Waals surface area contributed by atoms with Crippen molar-refractivity contribution in [3.8, 4) is 5.75 Å². The van der Waals surface area contributed by atoms with Gasteiger partial charge in [-0.3, -0.25) is 4.79 Å². The molecule has 1 N–H and O–H groups in total. The van der Waals surface area contributed by atoms with Crippen LogP contribution in [0.2, 0.25) is 0 Å². The van der Waals surface area contributed by atoms with E-state index in [1.165, 1.54) is 23.3 Å². The molecule has 8 heteroatoms. The molecule has 7 nitrogen and oxygen atoms in total. The predicted molar refractivity (Wildman–Crippen MR) is 95.2 cm³/mol. The van der Waals surface area contributed by atoms with Gasteiger partial charge in [-0.05, 0) is 44.0 Å². The summed E-state index contributed by atoms with van der Waals surface area (Å²) < 4.78 is 38.0. The van der Waals surface area contributed by atoms with Crippen LogP contribution in [0.4, 0.5) is 0 Å². The quantitative estimate of drug-likeness (QED) is 0.709. The van der Waals surface area contributed by atoms with Crippen molar-refractivity contribution in [1.29, 1.82) is 0 Å². The van der Waals surface area contributed by atoms with Crippen molar-refractivity contribution in [2.24, 2.45) is 0 Å². The van der Waals surface area contributed by atoms with Crippen LogP contribution in [0.1, 0.15) is 23.5 Å². The molecule has 0 spiro atoms. The fourth-order valence-electron chi connectivity index (χ4n) is 2.98. The Balaban J connectivity index is 2.22. The molecule has 26 heavy (non-hydrogen) atoms. The number of furan rings is 1. The molecule has 0 radical (unpaired) electrons. The monoisotopic (exact) mass is 377 g/mol. The summed E-state index contributed by atoms with van der Waals surface area (Å²) in [7, 11) is -2.36. The van der Waals surface area contributed by atoms with E-state index >= 15 is 0 Å². The fraction of sp³-hybridized carbons (Fsp3) is 0.278. The maximum Gasteiger partial charge on any atom is 0.303 e. The molecule has 2 aromatic heterocycles. The van der Waals surface area contributed by atoms with Gasteiger partial charge in [0.25, 0.3) is 10.0 Å². The van der Waals surface area contributed by atoms with Gasteiger partial charge in [-0.15, -0.1) is 0 Å². The standard InChI is InChI=1S/C18H19NO6S/c1-11-8-17(12(2)25-11)26(22,23)19-10-13(4-7-18(20)21)15-9-14(24-3)5-6-16(15)19/h5-6,8-10H,4,7H2,1-3H3,(H,20,21). The van der Waals surface area contributed by atoms with Gasteiger partial charge < -0.3 is 14.3 Å². The highest BCUT2D eigenvalue weighted by atomic mass is 32.2. The van der Waals surface area contributed by atoms with Gasteiger partial charge in [0.05, 0.1) is 12.6 Å². The number of benzene rings is 1. The van der Waals surface area contributed by atoms with E-state index in [0.717, 1.165) is 0 Å². The van der Waals surface area contributed by atoms with Crippen molar-refractivity contribution < 1.29 is 27.5 Å². The lowest BCUT2D eigenvalue weighted by Crippen LogP contribution is -2.12. The SMILES string of the molecule is COc1ccc2c(c1)c(CCC(=O)O)cn2S(=O)(=O)c1cc(C)oc1C. The number of carboxylic acid groups (broad SMARTS) is 1. The van der Waals surface area contributed by atoms with E-state index in [4.69, 9.17) is 14.3 Å². The predicted octanol–water partition coefficient (Wildman–Crippen LogP) is 3.11. The minimum Gasteiger partial charge on any atom is -0.497 e. The number of hydrogen-bond donors (Lipinski definition) is 1. The molecule has 0 amide bonds. The highest BCUT2D eigenvalue weighted by Crippen LogP contribution is 2.31. The lowest BCUT2D eigenvalue weighted by molar-refractivity contribution is -0.136. The van der Waals surface area contributed by atoms with Gasteiger partial charge in [-0.2, -0.15) is 0 Å². The molecule has 2 heterocycles. The lowest BCUT2D eigenvalue weighted by Gasteiger charge is -2.07. The summed E-state index contributed by atoms with van der Waals surface area (Å²) in [5.74, 6) is 0.438. The Morgan fingerprint density at radius 2 is 2.00 bits per heavy atom. The number of rotatable bonds is 6. The van der Waals surface area contributed by atoms with E-state index < -0.39 is 16.0 Å². The first-order valence-electron chi connectivity index (χ1n) is 7.96. The summed E-state index contributed by atoms with van der Waals surface area (Å²) in [6.07, 6.45) is 1.59. The fourth-order valence-corrected chi connectivity index (χ4v) is 4.60. The Kier molecular flexibility index (Phi) is 4.53. The third kappa shape index (κ3) is 3.08. The Hall–Kier alpha value is -2.74. The maximum absolute atomic E-state index is 13.1. The minimum atomic E-state index is -3.88. The van der Waals surface area contributed by atoms with E-state index in [0.29, 0.717) is 33.7 Å². The van der Waals surface area contributed by atoms with Crippen molar-refractivity contribution in [1.82, 2.24) is 3.97 Å².